The zero-order valence-electron chi connectivity index (χ0n) is 63.0. The molecule has 2 fully saturated rings. The highest BCUT2D eigenvalue weighted by molar-refractivity contribution is 6.00. The summed E-state index contributed by atoms with van der Waals surface area (Å²) in [4.78, 5) is 192. The first kappa shape index (κ1) is 82.4. The summed E-state index contributed by atoms with van der Waals surface area (Å²) in [7, 11) is 11.2. The Morgan fingerprint density at radius 1 is 0.388 bits per heavy atom. The molecule has 2 heterocycles. The molecule has 2 aliphatic heterocycles. The summed E-state index contributed by atoms with van der Waals surface area (Å²) in [6.45, 7) is 13.8. The third kappa shape index (κ3) is 21.8. The number of amides is 12. The van der Waals surface area contributed by atoms with Crippen LogP contribution in [0.1, 0.15) is 116 Å². The van der Waals surface area contributed by atoms with Crippen LogP contribution in [0, 0.1) is 11.8 Å². The lowest BCUT2D eigenvalue weighted by Crippen LogP contribution is -2.63. The van der Waals surface area contributed by atoms with Crippen molar-refractivity contribution in [2.24, 2.45) is 11.8 Å². The largest absolute Gasteiger partial charge is 0.391 e. The maximum atomic E-state index is 15.7. The van der Waals surface area contributed by atoms with Crippen LogP contribution in [0.3, 0.4) is 0 Å². The number of hydrogen-bond donors (Lipinski definition) is 4. The predicted octanol–water partition coefficient (Wildman–Crippen LogP) is 3.98. The maximum Gasteiger partial charge on any atom is 0.248 e. The number of carbonyl (C=O) groups excluding carboxylic acids is 12. The number of likely N-dealkylation sites (N-methyl/N-ethyl adjacent to an activating group) is 8. The molecule has 103 heavy (non-hydrogen) atoms. The van der Waals surface area contributed by atoms with Gasteiger partial charge in [-0.25, -0.2) is 0 Å². The van der Waals surface area contributed by atoms with Crippen LogP contribution in [-0.2, 0) is 83.2 Å². The molecule has 0 unspecified atom stereocenters. The van der Waals surface area contributed by atoms with Gasteiger partial charge in [0.1, 0.15) is 66.5 Å². The minimum absolute atomic E-state index is 0.0348. The Hall–Kier alpha value is -9.52. The van der Waals surface area contributed by atoms with Gasteiger partial charge < -0.3 is 65.2 Å². The number of nitrogens with one attached hydrogen (secondary N) is 3. The van der Waals surface area contributed by atoms with E-state index in [-0.39, 0.29) is 50.4 Å². The van der Waals surface area contributed by atoms with E-state index in [0.717, 1.165) is 21.1 Å². The van der Waals surface area contributed by atoms with Crippen LogP contribution in [0.15, 0.2) is 121 Å². The topological polar surface area (TPSA) is 290 Å². The van der Waals surface area contributed by atoms with E-state index < -0.39 is 150 Å². The lowest BCUT2D eigenvalue weighted by Gasteiger charge is -2.39. The average Bonchev–Trinajstić information content (AvgIpc) is 0.807. The van der Waals surface area contributed by atoms with Crippen LogP contribution in [0.25, 0.3) is 0 Å². The van der Waals surface area contributed by atoms with E-state index >= 15 is 33.6 Å². The minimum atomic E-state index is -1.73. The van der Waals surface area contributed by atoms with Crippen molar-refractivity contribution in [2.75, 3.05) is 69.5 Å². The van der Waals surface area contributed by atoms with Gasteiger partial charge in [-0.3, -0.25) is 57.5 Å². The lowest BCUT2D eigenvalue weighted by molar-refractivity contribution is -0.153. The summed E-state index contributed by atoms with van der Waals surface area (Å²) < 4.78 is 0. The van der Waals surface area contributed by atoms with Crippen molar-refractivity contribution in [3.8, 4) is 0 Å². The fourth-order valence-electron chi connectivity index (χ4n) is 13.3. The second-order valence-corrected chi connectivity index (χ2v) is 28.7. The van der Waals surface area contributed by atoms with E-state index in [1.807, 2.05) is 27.7 Å². The van der Waals surface area contributed by atoms with Gasteiger partial charge in [-0.2, -0.15) is 0 Å². The number of piperidine rings is 1. The van der Waals surface area contributed by atoms with Crippen molar-refractivity contribution in [3.05, 3.63) is 144 Å². The van der Waals surface area contributed by atoms with Crippen molar-refractivity contribution in [1.29, 1.82) is 0 Å². The van der Waals surface area contributed by atoms with Gasteiger partial charge in [-0.05, 0) is 93.9 Å². The lowest BCUT2D eigenvalue weighted by atomic mass is 9.97. The Balaban J connectivity index is 1.50. The van der Waals surface area contributed by atoms with Crippen LogP contribution in [0.4, 0.5) is 0 Å². The molecule has 0 aromatic heterocycles. The normalized spacial score (nSPS) is 25.3. The number of aliphatic hydroxyl groups is 1. The number of likely N-dealkylation sites (tertiary alicyclic amines) is 1. The predicted molar refractivity (Wildman–Crippen MR) is 392 cm³/mol. The van der Waals surface area contributed by atoms with Crippen molar-refractivity contribution in [1.82, 2.24) is 60.0 Å². The molecular weight excluding hydrogens is 1310 g/mol. The number of nitrogens with zero attached hydrogens (tertiary/aromatic N) is 9. The Morgan fingerprint density at radius 2 is 0.709 bits per heavy atom. The molecule has 560 valence electrons. The molecule has 4 aromatic carbocycles. The summed E-state index contributed by atoms with van der Waals surface area (Å²) in [5.41, 5.74) is 2.52. The van der Waals surface area contributed by atoms with Gasteiger partial charge in [0.25, 0.3) is 0 Å². The van der Waals surface area contributed by atoms with E-state index in [9.17, 15) is 29.1 Å². The molecule has 12 amide bonds. The maximum absolute atomic E-state index is 15.7. The molecule has 0 aliphatic carbocycles. The Morgan fingerprint density at radius 3 is 1.10 bits per heavy atom. The fourth-order valence-corrected chi connectivity index (χ4v) is 13.3. The first-order valence-electron chi connectivity index (χ1n) is 35.8. The van der Waals surface area contributed by atoms with Crippen molar-refractivity contribution >= 4 is 70.9 Å². The summed E-state index contributed by atoms with van der Waals surface area (Å²) in [6, 6.07) is 20.3. The summed E-state index contributed by atoms with van der Waals surface area (Å²) in [5.74, 6) is -9.13. The second-order valence-electron chi connectivity index (χ2n) is 28.7. The summed E-state index contributed by atoms with van der Waals surface area (Å²) >= 11 is 0. The zero-order valence-corrected chi connectivity index (χ0v) is 63.0. The minimum Gasteiger partial charge on any atom is -0.391 e. The number of hydrogen-bond acceptors (Lipinski definition) is 13. The van der Waals surface area contributed by atoms with Crippen molar-refractivity contribution in [2.45, 2.75) is 192 Å². The number of carbonyl (C=O) groups is 12. The van der Waals surface area contributed by atoms with Crippen molar-refractivity contribution < 1.29 is 62.6 Å². The van der Waals surface area contributed by atoms with Gasteiger partial charge in [0, 0.05) is 95.2 Å². The highest BCUT2D eigenvalue weighted by Crippen LogP contribution is 2.25. The molecule has 4 aromatic rings. The molecule has 25 nitrogen and oxygen atoms in total. The molecule has 0 bridgehead atoms. The Kier molecular flexibility index (Phi) is 30.5. The molecule has 0 spiro atoms. The molecule has 0 radical (unpaired) electrons. The summed E-state index contributed by atoms with van der Waals surface area (Å²) in [5, 5.41) is 19.9. The van der Waals surface area contributed by atoms with Gasteiger partial charge >= 0.3 is 0 Å². The third-order valence-corrected chi connectivity index (χ3v) is 20.2. The Bertz CT molecular complexity index is 3560. The fraction of sp³-hybridized carbons (Fsp3) is 0.538. The van der Waals surface area contributed by atoms with Gasteiger partial charge in [-0.15, -0.1) is 0 Å². The highest BCUT2D eigenvalue weighted by atomic mass is 16.3. The van der Waals surface area contributed by atoms with Crippen LogP contribution in [0.2, 0.25) is 0 Å². The molecule has 25 heteroatoms. The van der Waals surface area contributed by atoms with E-state index in [1.54, 1.807) is 126 Å². The third-order valence-electron chi connectivity index (χ3n) is 20.2. The van der Waals surface area contributed by atoms with Crippen LogP contribution in [0.5, 0.6) is 0 Å². The highest BCUT2D eigenvalue weighted by Gasteiger charge is 2.45. The molecule has 0 saturated carbocycles. The molecule has 6 rings (SSSR count). The van der Waals surface area contributed by atoms with E-state index in [1.165, 1.54) is 109 Å². The second kappa shape index (κ2) is 38.1. The number of rotatable bonds is 14. The van der Waals surface area contributed by atoms with Crippen LogP contribution >= 0.6 is 0 Å². The number of benzene rings is 4. The van der Waals surface area contributed by atoms with Gasteiger partial charge in [0.15, 0.2) is 0 Å². The van der Waals surface area contributed by atoms with E-state index in [4.69, 9.17) is 0 Å². The van der Waals surface area contributed by atoms with Gasteiger partial charge in [-0.1, -0.05) is 149 Å². The van der Waals surface area contributed by atoms with Gasteiger partial charge in [0.05, 0.1) is 12.5 Å². The quantitative estimate of drug-likeness (QED) is 0.139. The zero-order chi connectivity index (χ0) is 76.3. The monoisotopic (exact) mass is 1420 g/mol. The average molecular weight is 1420 g/mol. The smallest absolute Gasteiger partial charge is 0.248 e. The van der Waals surface area contributed by atoms with Gasteiger partial charge in [0.2, 0.25) is 70.9 Å². The SMILES string of the molecule is CC(C)C[C@H]1C(=O)N(C)[C@@H](Cc2ccccc2)C(=O)N(C)[C@@H](Cc2ccccc2)C(=O)N[C@@H]([C@@H](C)O)C(=O)N(C)[C@@H](C)C(=O)N(C)[C@@H](Cc2ccccc2)C(=O)N[C@H](C(=O)N2CCCCC2)CC(=O)N(C)[C@@H](C)C(=O)N(C)[C@@H](CC(C)C)C(=O)N(C)[C@@H](Cc2ccccc2)C(=O)N[C@@H](C)C(=O)N1C. The van der Waals surface area contributed by atoms with E-state index in [0.29, 0.717) is 48.2 Å². The first-order valence-corrected chi connectivity index (χ1v) is 35.8. The standard InChI is InChI=1S/C78H110N12O13/c1-49(2)42-63-76(101)89(16)65(47-58-38-28-20-29-39-58)77(102)86(13)62(46-57-36-26-19-27-37-57)70(95)81-67(54(8)91)78(103)83(10)53(7)73(98)84(11)61(45-56-34-24-18-25-35-56)69(94)80-59(74(99)90-40-30-21-31-41-90)48-66(92)82(9)52(6)72(97)88(15)64(43-50(3)4)75(100)85(12)60(44-55-32-22-17-23-33-55)68(93)79-51(5)71(96)87(63)14/h17-20,22-29,32-39,49-54,59-65,67,91H,21,30-31,40-48H2,1-16H3,(H,79,93)(H,80,94)(H,81,95)/t51-,52-,53-,54+,59-,60-,61-,62-,63-,64-,65-,67-/m0/s1. The first-order chi connectivity index (χ1) is 48.7. The Labute approximate surface area is 608 Å². The molecular formula is C78H110N12O13. The summed E-state index contributed by atoms with van der Waals surface area (Å²) in [6.07, 6.45) is -0.183. The molecule has 2 aliphatic rings. The number of aliphatic hydroxyl groups excluding tert-OH is 1. The van der Waals surface area contributed by atoms with Crippen molar-refractivity contribution in [3.63, 3.8) is 0 Å². The molecule has 4 N–H and O–H groups in total. The molecule has 12 atom stereocenters. The van der Waals surface area contributed by atoms with Crippen LogP contribution in [-0.4, -0.2) is 262 Å². The molecule has 2 saturated heterocycles. The van der Waals surface area contributed by atoms with E-state index in [2.05, 4.69) is 16.0 Å². The van der Waals surface area contributed by atoms with Crippen LogP contribution < -0.4 is 16.0 Å².